The average Bonchev–Trinajstić information content (AvgIpc) is 2.54. The highest BCUT2D eigenvalue weighted by atomic mass is 16.5. The first-order valence-electron chi connectivity index (χ1n) is 6.22. The number of nitrogens with two attached hydrogens (primary N) is 1. The molecule has 15 heavy (non-hydrogen) atoms. The van der Waals surface area contributed by atoms with Crippen LogP contribution in [0.5, 0.6) is 0 Å². The molecule has 0 amide bonds. The van der Waals surface area contributed by atoms with Gasteiger partial charge in [-0.2, -0.15) is 0 Å². The van der Waals surface area contributed by atoms with Crippen molar-refractivity contribution in [3.05, 3.63) is 0 Å². The summed E-state index contributed by atoms with van der Waals surface area (Å²) in [7, 11) is 1.83. The van der Waals surface area contributed by atoms with Gasteiger partial charge in [0.2, 0.25) is 0 Å². The Morgan fingerprint density at radius 1 is 1.47 bits per heavy atom. The van der Waals surface area contributed by atoms with Crippen molar-refractivity contribution in [1.29, 1.82) is 0 Å². The second kappa shape index (κ2) is 4.81. The molecule has 0 aromatic heterocycles. The molecule has 2 fully saturated rings. The van der Waals surface area contributed by atoms with Gasteiger partial charge in [0.15, 0.2) is 0 Å². The smallest absolute Gasteiger partial charge is 0.0508 e. The molecule has 0 aromatic carbocycles. The summed E-state index contributed by atoms with van der Waals surface area (Å²) >= 11 is 0. The maximum Gasteiger partial charge on any atom is 0.0508 e. The van der Waals surface area contributed by atoms with Crippen LogP contribution in [-0.4, -0.2) is 44.8 Å². The van der Waals surface area contributed by atoms with Crippen LogP contribution >= 0.6 is 0 Å². The molecule has 1 saturated heterocycles. The van der Waals surface area contributed by atoms with Gasteiger partial charge in [0.05, 0.1) is 6.61 Å². The molecule has 0 aromatic rings. The molecule has 1 heterocycles. The molecule has 1 atom stereocenters. The summed E-state index contributed by atoms with van der Waals surface area (Å²) in [6.07, 6.45) is 5.39. The van der Waals surface area contributed by atoms with Crippen LogP contribution in [0.25, 0.3) is 0 Å². The van der Waals surface area contributed by atoms with E-state index in [9.17, 15) is 0 Å². The van der Waals surface area contributed by atoms with Gasteiger partial charge >= 0.3 is 0 Å². The summed E-state index contributed by atoms with van der Waals surface area (Å²) in [5.74, 6) is 0.772. The van der Waals surface area contributed by atoms with Gasteiger partial charge in [-0.15, -0.1) is 0 Å². The maximum absolute atomic E-state index is 5.56. The SMILES string of the molecule is COC[C@@H]1CN(CCCN)CC12CCC2. The van der Waals surface area contributed by atoms with E-state index in [1.54, 1.807) is 0 Å². The number of likely N-dealkylation sites (tertiary alicyclic amines) is 1. The van der Waals surface area contributed by atoms with E-state index >= 15 is 0 Å². The average molecular weight is 212 g/mol. The number of nitrogens with zero attached hydrogens (tertiary/aromatic N) is 1. The second-order valence-electron chi connectivity index (χ2n) is 5.25. The van der Waals surface area contributed by atoms with Crippen molar-refractivity contribution >= 4 is 0 Å². The van der Waals surface area contributed by atoms with Crippen molar-refractivity contribution in [2.24, 2.45) is 17.1 Å². The highest BCUT2D eigenvalue weighted by Crippen LogP contribution is 2.51. The zero-order valence-electron chi connectivity index (χ0n) is 9.87. The molecule has 2 aliphatic rings. The van der Waals surface area contributed by atoms with Gasteiger partial charge in [-0.3, -0.25) is 0 Å². The summed E-state index contributed by atoms with van der Waals surface area (Å²) in [4.78, 5) is 2.59. The largest absolute Gasteiger partial charge is 0.384 e. The summed E-state index contributed by atoms with van der Waals surface area (Å²) in [5, 5.41) is 0. The monoisotopic (exact) mass is 212 g/mol. The van der Waals surface area contributed by atoms with Crippen molar-refractivity contribution in [3.63, 3.8) is 0 Å². The molecule has 0 radical (unpaired) electrons. The molecule has 3 heteroatoms. The van der Waals surface area contributed by atoms with Gasteiger partial charge in [0, 0.05) is 26.1 Å². The van der Waals surface area contributed by atoms with Crippen molar-refractivity contribution in [2.45, 2.75) is 25.7 Å². The molecule has 2 N–H and O–H groups in total. The zero-order chi connectivity index (χ0) is 10.7. The van der Waals surface area contributed by atoms with E-state index in [0.717, 1.165) is 25.5 Å². The molecule has 1 aliphatic carbocycles. The minimum atomic E-state index is 0.616. The van der Waals surface area contributed by atoms with E-state index in [4.69, 9.17) is 10.5 Å². The Hall–Kier alpha value is -0.120. The number of hydrogen-bond acceptors (Lipinski definition) is 3. The van der Waals surface area contributed by atoms with Crippen LogP contribution < -0.4 is 5.73 Å². The minimum Gasteiger partial charge on any atom is -0.384 e. The van der Waals surface area contributed by atoms with E-state index in [-0.39, 0.29) is 0 Å². The molecular weight excluding hydrogens is 188 g/mol. The molecule has 2 rings (SSSR count). The third-order valence-electron chi connectivity index (χ3n) is 4.28. The maximum atomic E-state index is 5.56. The van der Waals surface area contributed by atoms with Gasteiger partial charge in [-0.05, 0) is 37.8 Å². The first kappa shape index (κ1) is 11.4. The van der Waals surface area contributed by atoms with Crippen LogP contribution in [0.2, 0.25) is 0 Å². The highest BCUT2D eigenvalue weighted by Gasteiger charge is 2.49. The fourth-order valence-electron chi connectivity index (χ4n) is 3.26. The lowest BCUT2D eigenvalue weighted by Gasteiger charge is -2.42. The van der Waals surface area contributed by atoms with Crippen LogP contribution in [0.15, 0.2) is 0 Å². The van der Waals surface area contributed by atoms with Gasteiger partial charge in [-0.25, -0.2) is 0 Å². The predicted molar refractivity (Wildman–Crippen MR) is 61.8 cm³/mol. The van der Waals surface area contributed by atoms with Crippen molar-refractivity contribution < 1.29 is 4.74 Å². The van der Waals surface area contributed by atoms with E-state index in [0.29, 0.717) is 5.41 Å². The van der Waals surface area contributed by atoms with Crippen LogP contribution in [0.4, 0.5) is 0 Å². The quantitative estimate of drug-likeness (QED) is 0.741. The van der Waals surface area contributed by atoms with Crippen LogP contribution in [0.3, 0.4) is 0 Å². The third kappa shape index (κ3) is 2.19. The second-order valence-corrected chi connectivity index (χ2v) is 5.25. The van der Waals surface area contributed by atoms with E-state index in [1.165, 1.54) is 38.9 Å². The summed E-state index contributed by atoms with van der Waals surface area (Å²) in [6, 6.07) is 0. The molecule has 0 bridgehead atoms. The summed E-state index contributed by atoms with van der Waals surface area (Å²) in [5.41, 5.74) is 6.18. The van der Waals surface area contributed by atoms with E-state index in [2.05, 4.69) is 4.90 Å². The Kier molecular flexibility index (Phi) is 3.65. The fourth-order valence-corrected chi connectivity index (χ4v) is 3.26. The van der Waals surface area contributed by atoms with E-state index < -0.39 is 0 Å². The third-order valence-corrected chi connectivity index (χ3v) is 4.28. The summed E-state index contributed by atoms with van der Waals surface area (Å²) in [6.45, 7) is 5.46. The Morgan fingerprint density at radius 3 is 2.80 bits per heavy atom. The number of hydrogen-bond donors (Lipinski definition) is 1. The van der Waals surface area contributed by atoms with Crippen molar-refractivity contribution in [2.75, 3.05) is 39.9 Å². The Labute approximate surface area is 93.0 Å². The fraction of sp³-hybridized carbons (Fsp3) is 1.00. The van der Waals surface area contributed by atoms with Crippen LogP contribution in [0.1, 0.15) is 25.7 Å². The Morgan fingerprint density at radius 2 is 2.27 bits per heavy atom. The normalized spacial score (nSPS) is 29.6. The standard InChI is InChI=1S/C12H24N2O/c1-15-9-11-8-14(7-3-6-13)10-12(11)4-2-5-12/h11H,2-10,13H2,1H3/t11-/m0/s1. The molecule has 3 nitrogen and oxygen atoms in total. The van der Waals surface area contributed by atoms with Crippen LogP contribution in [0, 0.1) is 11.3 Å². The predicted octanol–water partition coefficient (Wildman–Crippen LogP) is 1.08. The lowest BCUT2D eigenvalue weighted by Crippen LogP contribution is -2.39. The van der Waals surface area contributed by atoms with Crippen molar-refractivity contribution in [1.82, 2.24) is 4.90 Å². The first-order valence-corrected chi connectivity index (χ1v) is 6.22. The Bertz CT molecular complexity index is 204. The first-order chi connectivity index (χ1) is 7.30. The molecule has 1 spiro atoms. The molecule has 88 valence electrons. The number of ether oxygens (including phenoxy) is 1. The van der Waals surface area contributed by atoms with Gasteiger partial charge in [0.25, 0.3) is 0 Å². The molecule has 1 aliphatic heterocycles. The minimum absolute atomic E-state index is 0.616. The number of methoxy groups -OCH3 is 1. The molecule has 0 unspecified atom stereocenters. The van der Waals surface area contributed by atoms with Gasteiger partial charge in [0.1, 0.15) is 0 Å². The van der Waals surface area contributed by atoms with E-state index in [1.807, 2.05) is 7.11 Å². The molecular formula is C12H24N2O. The lowest BCUT2D eigenvalue weighted by atomic mass is 9.63. The van der Waals surface area contributed by atoms with Gasteiger partial charge < -0.3 is 15.4 Å². The highest BCUT2D eigenvalue weighted by molar-refractivity contribution is 5.01. The van der Waals surface area contributed by atoms with Crippen LogP contribution in [-0.2, 0) is 4.74 Å². The van der Waals surface area contributed by atoms with Gasteiger partial charge in [-0.1, -0.05) is 6.42 Å². The number of rotatable bonds is 5. The lowest BCUT2D eigenvalue weighted by molar-refractivity contribution is 0.0368. The topological polar surface area (TPSA) is 38.5 Å². The van der Waals surface area contributed by atoms with Crippen molar-refractivity contribution in [3.8, 4) is 0 Å². The zero-order valence-corrected chi connectivity index (χ0v) is 9.87. The Balaban J connectivity index is 1.88. The summed E-state index contributed by atoms with van der Waals surface area (Å²) < 4.78 is 5.36. The molecule has 1 saturated carbocycles.